The fraction of sp³-hybridized carbons (Fsp3) is 0.778. The molecule has 0 spiro atoms. The van der Waals surface area contributed by atoms with Gasteiger partial charge in [-0.25, -0.2) is 9.97 Å². The number of hydrogen-bond donors (Lipinski definition) is 0. The van der Waals surface area contributed by atoms with E-state index in [0.717, 1.165) is 50.1 Å². The molecule has 0 amide bonds. The van der Waals surface area contributed by atoms with Crippen LogP contribution in [-0.2, 0) is 9.47 Å². The number of nitrogens with zero attached hydrogens (tertiary/aromatic N) is 4. The van der Waals surface area contributed by atoms with Crippen molar-refractivity contribution < 1.29 is 9.47 Å². The molecule has 0 aliphatic carbocycles. The van der Waals surface area contributed by atoms with Crippen LogP contribution >= 0.6 is 0 Å². The van der Waals surface area contributed by atoms with Crippen LogP contribution in [0.25, 0.3) is 0 Å². The number of piperazine rings is 1. The van der Waals surface area contributed by atoms with Crippen LogP contribution in [0, 0.1) is 6.92 Å². The van der Waals surface area contributed by atoms with E-state index in [9.17, 15) is 0 Å². The van der Waals surface area contributed by atoms with Gasteiger partial charge in [0.25, 0.3) is 0 Å². The van der Waals surface area contributed by atoms with E-state index >= 15 is 0 Å². The Bertz CT molecular complexity index is 496. The third-order valence-corrected chi connectivity index (χ3v) is 4.18. The Morgan fingerprint density at radius 2 is 1.67 bits per heavy atom. The highest BCUT2D eigenvalue weighted by Gasteiger charge is 2.22. The summed E-state index contributed by atoms with van der Waals surface area (Å²) in [6.07, 6.45) is -0.125. The number of hydrogen-bond acceptors (Lipinski definition) is 6. The first-order valence-electron chi connectivity index (χ1n) is 9.09. The highest BCUT2D eigenvalue weighted by molar-refractivity contribution is 5.40. The van der Waals surface area contributed by atoms with Crippen molar-refractivity contribution in [2.24, 2.45) is 0 Å². The van der Waals surface area contributed by atoms with Crippen LogP contribution in [0.1, 0.15) is 45.1 Å². The van der Waals surface area contributed by atoms with Gasteiger partial charge in [0.05, 0.1) is 0 Å². The van der Waals surface area contributed by atoms with Crippen LogP contribution in [0.4, 0.5) is 5.82 Å². The van der Waals surface area contributed by atoms with Gasteiger partial charge in [0.2, 0.25) is 0 Å². The minimum Gasteiger partial charge on any atom is -0.354 e. The lowest BCUT2D eigenvalue weighted by molar-refractivity contribution is -0.147. The van der Waals surface area contributed by atoms with Crippen molar-refractivity contribution in [3.05, 3.63) is 17.6 Å². The van der Waals surface area contributed by atoms with Gasteiger partial charge in [-0.05, 0) is 20.8 Å². The molecule has 1 saturated heterocycles. The maximum atomic E-state index is 5.66. The van der Waals surface area contributed by atoms with Gasteiger partial charge < -0.3 is 14.4 Å². The zero-order valence-electron chi connectivity index (χ0n) is 15.8. The zero-order chi connectivity index (χ0) is 17.5. The van der Waals surface area contributed by atoms with E-state index in [-0.39, 0.29) is 6.29 Å². The van der Waals surface area contributed by atoms with Crippen molar-refractivity contribution in [2.45, 2.75) is 46.8 Å². The molecule has 24 heavy (non-hydrogen) atoms. The van der Waals surface area contributed by atoms with Crippen LogP contribution in [0.15, 0.2) is 6.07 Å². The Morgan fingerprint density at radius 3 is 2.21 bits per heavy atom. The highest BCUT2D eigenvalue weighted by atomic mass is 16.7. The van der Waals surface area contributed by atoms with Gasteiger partial charge in [-0.1, -0.05) is 13.8 Å². The van der Waals surface area contributed by atoms with Crippen LogP contribution in [0.2, 0.25) is 0 Å². The molecule has 0 radical (unpaired) electrons. The van der Waals surface area contributed by atoms with E-state index in [2.05, 4.69) is 34.7 Å². The third kappa shape index (κ3) is 5.40. The summed E-state index contributed by atoms with van der Waals surface area (Å²) in [7, 11) is 0. The molecule has 0 bridgehead atoms. The number of aromatic nitrogens is 2. The molecule has 0 saturated carbocycles. The molecule has 136 valence electrons. The zero-order valence-corrected chi connectivity index (χ0v) is 15.8. The smallest absolute Gasteiger partial charge is 0.170 e. The first-order chi connectivity index (χ1) is 11.5. The fourth-order valence-corrected chi connectivity index (χ4v) is 2.89. The molecule has 0 aromatic carbocycles. The van der Waals surface area contributed by atoms with Crippen LogP contribution in [0.5, 0.6) is 0 Å². The molecule has 1 aromatic heterocycles. The second kappa shape index (κ2) is 9.30. The van der Waals surface area contributed by atoms with E-state index in [0.29, 0.717) is 19.1 Å². The lowest BCUT2D eigenvalue weighted by atomic mass is 10.2. The van der Waals surface area contributed by atoms with E-state index in [4.69, 9.17) is 14.5 Å². The molecule has 1 fully saturated rings. The summed E-state index contributed by atoms with van der Waals surface area (Å²) in [5.41, 5.74) is 1.04. The Kier molecular flexibility index (Phi) is 7.40. The molecule has 1 aliphatic heterocycles. The van der Waals surface area contributed by atoms with Gasteiger partial charge in [0, 0.05) is 63.6 Å². The number of rotatable bonds is 8. The van der Waals surface area contributed by atoms with Crippen LogP contribution in [0.3, 0.4) is 0 Å². The molecule has 2 heterocycles. The van der Waals surface area contributed by atoms with Crippen molar-refractivity contribution >= 4 is 5.82 Å². The standard InChI is InChI=1S/C18H32N4O2/c1-6-23-17(24-7-2)13-21-8-10-22(11-9-21)16-12-15(5)19-18(20-16)14(3)4/h12,14,17H,6-11,13H2,1-5H3. The topological polar surface area (TPSA) is 50.7 Å². The van der Waals surface area contributed by atoms with Crippen molar-refractivity contribution in [3.8, 4) is 0 Å². The second-order valence-electron chi connectivity index (χ2n) is 6.51. The normalized spacial score (nSPS) is 16.4. The second-order valence-corrected chi connectivity index (χ2v) is 6.51. The van der Waals surface area contributed by atoms with Crippen LogP contribution in [-0.4, -0.2) is 67.1 Å². The Labute approximate surface area is 146 Å². The summed E-state index contributed by atoms with van der Waals surface area (Å²) in [6.45, 7) is 16.5. The van der Waals surface area contributed by atoms with Gasteiger partial charge in [0.15, 0.2) is 6.29 Å². The average Bonchev–Trinajstić information content (AvgIpc) is 2.55. The maximum absolute atomic E-state index is 5.66. The van der Waals surface area contributed by atoms with Gasteiger partial charge in [-0.2, -0.15) is 0 Å². The molecule has 0 atom stereocenters. The highest BCUT2D eigenvalue weighted by Crippen LogP contribution is 2.19. The maximum Gasteiger partial charge on any atom is 0.170 e. The van der Waals surface area contributed by atoms with E-state index in [1.165, 1.54) is 0 Å². The summed E-state index contributed by atoms with van der Waals surface area (Å²) in [5.74, 6) is 2.33. The first kappa shape index (κ1) is 19.1. The predicted octanol–water partition coefficient (Wildman–Crippen LogP) is 2.43. The molecule has 1 aromatic rings. The average molecular weight is 336 g/mol. The molecular weight excluding hydrogens is 304 g/mol. The summed E-state index contributed by atoms with van der Waals surface area (Å²) in [5, 5.41) is 0. The number of aryl methyl sites for hydroxylation is 1. The lowest BCUT2D eigenvalue weighted by Gasteiger charge is -2.37. The molecule has 2 rings (SSSR count). The summed E-state index contributed by atoms with van der Waals surface area (Å²) in [4.78, 5) is 14.1. The van der Waals surface area contributed by atoms with E-state index in [1.54, 1.807) is 0 Å². The van der Waals surface area contributed by atoms with Gasteiger partial charge in [0.1, 0.15) is 11.6 Å². The molecule has 6 nitrogen and oxygen atoms in total. The summed E-state index contributed by atoms with van der Waals surface area (Å²) in [6, 6.07) is 2.09. The first-order valence-corrected chi connectivity index (χ1v) is 9.09. The van der Waals surface area contributed by atoms with E-state index < -0.39 is 0 Å². The van der Waals surface area contributed by atoms with Crippen molar-refractivity contribution in [1.82, 2.24) is 14.9 Å². The largest absolute Gasteiger partial charge is 0.354 e. The summed E-state index contributed by atoms with van der Waals surface area (Å²) < 4.78 is 11.3. The molecular formula is C18H32N4O2. The molecule has 0 unspecified atom stereocenters. The Morgan fingerprint density at radius 1 is 1.04 bits per heavy atom. The minimum absolute atomic E-state index is 0.125. The van der Waals surface area contributed by atoms with E-state index in [1.807, 2.05) is 20.8 Å². The van der Waals surface area contributed by atoms with Crippen molar-refractivity contribution in [1.29, 1.82) is 0 Å². The van der Waals surface area contributed by atoms with Gasteiger partial charge in [-0.15, -0.1) is 0 Å². The molecule has 6 heteroatoms. The fourth-order valence-electron chi connectivity index (χ4n) is 2.89. The van der Waals surface area contributed by atoms with Crippen molar-refractivity contribution in [2.75, 3.05) is 50.8 Å². The quantitative estimate of drug-likeness (QED) is 0.680. The predicted molar refractivity (Wildman–Crippen MR) is 96.6 cm³/mol. The van der Waals surface area contributed by atoms with Crippen LogP contribution < -0.4 is 4.90 Å². The third-order valence-electron chi connectivity index (χ3n) is 4.18. The number of ether oxygens (including phenoxy) is 2. The van der Waals surface area contributed by atoms with Gasteiger partial charge >= 0.3 is 0 Å². The minimum atomic E-state index is -0.125. The molecule has 0 N–H and O–H groups in total. The lowest BCUT2D eigenvalue weighted by Crippen LogP contribution is -2.49. The van der Waals surface area contributed by atoms with Crippen molar-refractivity contribution in [3.63, 3.8) is 0 Å². The SMILES string of the molecule is CCOC(CN1CCN(c2cc(C)nc(C(C)C)n2)CC1)OCC. The summed E-state index contributed by atoms with van der Waals surface area (Å²) >= 11 is 0. The molecule has 1 aliphatic rings. The number of anilines is 1. The Hall–Kier alpha value is -1.24. The Balaban J connectivity index is 1.92. The monoisotopic (exact) mass is 336 g/mol. The van der Waals surface area contributed by atoms with Gasteiger partial charge in [-0.3, -0.25) is 4.90 Å².